The van der Waals surface area contributed by atoms with E-state index in [0.717, 1.165) is 77.0 Å². The predicted molar refractivity (Wildman–Crippen MR) is 288 cm³/mol. The van der Waals surface area contributed by atoms with Gasteiger partial charge < -0.3 is 14.2 Å². The largest absolute Gasteiger partial charge is 0.462 e. The van der Waals surface area contributed by atoms with E-state index in [0.29, 0.717) is 19.3 Å². The van der Waals surface area contributed by atoms with Crippen LogP contribution in [0.15, 0.2) is 60.8 Å². The van der Waals surface area contributed by atoms with E-state index in [1.54, 1.807) is 0 Å². The van der Waals surface area contributed by atoms with Crippen molar-refractivity contribution in [1.82, 2.24) is 0 Å². The van der Waals surface area contributed by atoms with Gasteiger partial charge in [-0.3, -0.25) is 14.4 Å². The minimum absolute atomic E-state index is 0.0877. The quantitative estimate of drug-likeness (QED) is 0.0262. The van der Waals surface area contributed by atoms with Crippen molar-refractivity contribution < 1.29 is 28.6 Å². The van der Waals surface area contributed by atoms with E-state index in [9.17, 15) is 14.4 Å². The van der Waals surface area contributed by atoms with Crippen molar-refractivity contribution in [2.75, 3.05) is 13.2 Å². The normalized spacial score (nSPS) is 12.5. The summed E-state index contributed by atoms with van der Waals surface area (Å²) in [5.41, 5.74) is 0. The van der Waals surface area contributed by atoms with Crippen LogP contribution in [0.25, 0.3) is 0 Å². The van der Waals surface area contributed by atoms with Crippen LogP contribution >= 0.6 is 0 Å². The zero-order chi connectivity index (χ0) is 48.6. The summed E-state index contributed by atoms with van der Waals surface area (Å²) in [6.45, 7) is 6.51. The number of carbonyl (C=O) groups excluding carboxylic acids is 3. The first-order valence-electron chi connectivity index (χ1n) is 28.8. The molecule has 67 heavy (non-hydrogen) atoms. The maximum Gasteiger partial charge on any atom is 0.306 e. The third-order valence-corrected chi connectivity index (χ3v) is 12.5. The fraction of sp³-hybridized carbons (Fsp3) is 0.787. The molecule has 0 N–H and O–H groups in total. The number of ether oxygens (including phenoxy) is 3. The first-order valence-corrected chi connectivity index (χ1v) is 28.8. The average molecular weight is 938 g/mol. The summed E-state index contributed by atoms with van der Waals surface area (Å²) in [5, 5.41) is 0. The Hall–Kier alpha value is -2.89. The Morgan fingerprint density at radius 1 is 0.313 bits per heavy atom. The molecule has 0 radical (unpaired) electrons. The molecule has 0 bridgehead atoms. The van der Waals surface area contributed by atoms with Crippen molar-refractivity contribution in [2.24, 2.45) is 0 Å². The molecule has 0 aromatic rings. The van der Waals surface area contributed by atoms with Crippen molar-refractivity contribution in [2.45, 2.75) is 297 Å². The van der Waals surface area contributed by atoms with Crippen molar-refractivity contribution in [3.8, 4) is 0 Å². The van der Waals surface area contributed by atoms with Gasteiger partial charge in [0, 0.05) is 19.3 Å². The molecule has 0 heterocycles. The van der Waals surface area contributed by atoms with Crippen molar-refractivity contribution in [3.05, 3.63) is 60.8 Å². The lowest BCUT2D eigenvalue weighted by atomic mass is 10.0. The highest BCUT2D eigenvalue weighted by molar-refractivity contribution is 5.71. The van der Waals surface area contributed by atoms with Gasteiger partial charge in [-0.15, -0.1) is 0 Å². The lowest BCUT2D eigenvalue weighted by molar-refractivity contribution is -0.167. The Morgan fingerprint density at radius 3 is 0.910 bits per heavy atom. The van der Waals surface area contributed by atoms with Crippen LogP contribution in [0.5, 0.6) is 0 Å². The molecule has 6 nitrogen and oxygen atoms in total. The number of rotatable bonds is 52. The van der Waals surface area contributed by atoms with Crippen molar-refractivity contribution >= 4 is 17.9 Å². The van der Waals surface area contributed by atoms with Gasteiger partial charge in [-0.25, -0.2) is 0 Å². The summed E-state index contributed by atoms with van der Waals surface area (Å²) in [4.78, 5) is 38.1. The zero-order valence-corrected chi connectivity index (χ0v) is 44.4. The topological polar surface area (TPSA) is 78.9 Å². The molecule has 0 aromatic heterocycles. The lowest BCUT2D eigenvalue weighted by Crippen LogP contribution is -2.30. The van der Waals surface area contributed by atoms with Gasteiger partial charge >= 0.3 is 17.9 Å². The second-order valence-electron chi connectivity index (χ2n) is 19.2. The smallest absolute Gasteiger partial charge is 0.306 e. The molecule has 1 atom stereocenters. The first kappa shape index (κ1) is 64.1. The molecule has 0 aliphatic rings. The molecule has 0 fully saturated rings. The third-order valence-electron chi connectivity index (χ3n) is 12.5. The molecular formula is C61H108O6. The zero-order valence-electron chi connectivity index (χ0n) is 44.4. The minimum Gasteiger partial charge on any atom is -0.462 e. The molecular weight excluding hydrogens is 829 g/mol. The molecule has 0 aliphatic carbocycles. The highest BCUT2D eigenvalue weighted by Gasteiger charge is 2.19. The summed E-state index contributed by atoms with van der Waals surface area (Å²) >= 11 is 0. The Kier molecular flexibility index (Phi) is 53.3. The van der Waals surface area contributed by atoms with E-state index in [4.69, 9.17) is 14.2 Å². The Morgan fingerprint density at radius 2 is 0.582 bits per heavy atom. The van der Waals surface area contributed by atoms with Gasteiger partial charge in [0.05, 0.1) is 0 Å². The van der Waals surface area contributed by atoms with Crippen LogP contribution in [0, 0.1) is 0 Å². The van der Waals surface area contributed by atoms with E-state index in [-0.39, 0.29) is 37.5 Å². The molecule has 0 amide bonds. The maximum absolute atomic E-state index is 12.8. The monoisotopic (exact) mass is 937 g/mol. The van der Waals surface area contributed by atoms with Gasteiger partial charge in [0.15, 0.2) is 6.10 Å². The standard InChI is InChI=1S/C61H108O6/c1-4-7-10-13-16-19-22-25-27-29-30-32-34-37-39-42-45-48-51-54-60(63)66-57-58(67-61(64)55-52-49-46-43-40-35-24-21-18-15-12-9-6-3)56-65-59(62)53-50-47-44-41-38-36-33-31-28-26-23-20-17-14-11-8-5-2/h8,11,17,20,26,28,33,36,41,44,58H,4-7,9-10,12-16,18-19,21-25,27,29-32,34-35,37-40,42-43,45-57H2,1-3H3/b11-8-,20-17-,28-26-,36-33-,44-41-/t58-/m1/s1. The van der Waals surface area contributed by atoms with Gasteiger partial charge in [-0.1, -0.05) is 274 Å². The van der Waals surface area contributed by atoms with Crippen LogP contribution in [-0.2, 0) is 28.6 Å². The van der Waals surface area contributed by atoms with Crippen LogP contribution in [-0.4, -0.2) is 37.2 Å². The summed E-state index contributed by atoms with van der Waals surface area (Å²) < 4.78 is 16.8. The van der Waals surface area contributed by atoms with Gasteiger partial charge in [0.2, 0.25) is 0 Å². The Labute approximate surface area is 415 Å². The molecule has 0 saturated heterocycles. The molecule has 0 aromatic carbocycles. The van der Waals surface area contributed by atoms with E-state index in [1.807, 2.05) is 0 Å². The van der Waals surface area contributed by atoms with E-state index < -0.39 is 6.10 Å². The fourth-order valence-electron chi connectivity index (χ4n) is 8.24. The molecule has 6 heteroatoms. The maximum atomic E-state index is 12.8. The average Bonchev–Trinajstić information content (AvgIpc) is 3.33. The first-order chi connectivity index (χ1) is 33.0. The molecule has 0 unspecified atom stereocenters. The van der Waals surface area contributed by atoms with Gasteiger partial charge in [0.1, 0.15) is 13.2 Å². The molecule has 0 spiro atoms. The predicted octanol–water partition coefficient (Wildman–Crippen LogP) is 19.2. The Balaban J connectivity index is 4.39. The van der Waals surface area contributed by atoms with Crippen LogP contribution in [0.1, 0.15) is 290 Å². The van der Waals surface area contributed by atoms with Crippen LogP contribution in [0.3, 0.4) is 0 Å². The highest BCUT2D eigenvalue weighted by atomic mass is 16.6. The van der Waals surface area contributed by atoms with Gasteiger partial charge in [-0.2, -0.15) is 0 Å². The van der Waals surface area contributed by atoms with Crippen LogP contribution in [0.4, 0.5) is 0 Å². The number of carbonyl (C=O) groups is 3. The summed E-state index contributed by atoms with van der Waals surface area (Å²) in [5.74, 6) is -0.935. The second kappa shape index (κ2) is 55.7. The van der Waals surface area contributed by atoms with Crippen molar-refractivity contribution in [3.63, 3.8) is 0 Å². The summed E-state index contributed by atoms with van der Waals surface area (Å²) in [6.07, 6.45) is 69.3. The van der Waals surface area contributed by atoms with E-state index >= 15 is 0 Å². The number of unbranched alkanes of at least 4 members (excludes halogenated alkanes) is 31. The SMILES string of the molecule is CC/C=C\C/C=C\C/C=C\C/C=C\C/C=C\CCCC(=O)OC[C@H](COC(=O)CCCCCCCCCCCCCCCCCCCCC)OC(=O)CCCCCCCCCCCCCCC. The number of allylic oxidation sites excluding steroid dienone is 10. The minimum atomic E-state index is -0.793. The summed E-state index contributed by atoms with van der Waals surface area (Å²) in [6, 6.07) is 0. The van der Waals surface area contributed by atoms with Gasteiger partial charge in [-0.05, 0) is 57.8 Å². The highest BCUT2D eigenvalue weighted by Crippen LogP contribution is 2.17. The number of hydrogen-bond donors (Lipinski definition) is 0. The van der Waals surface area contributed by atoms with E-state index in [1.165, 1.54) is 167 Å². The summed E-state index contributed by atoms with van der Waals surface area (Å²) in [7, 11) is 0. The third kappa shape index (κ3) is 53.9. The van der Waals surface area contributed by atoms with Crippen LogP contribution < -0.4 is 0 Å². The molecule has 388 valence electrons. The number of esters is 3. The number of hydrogen-bond acceptors (Lipinski definition) is 6. The fourth-order valence-corrected chi connectivity index (χ4v) is 8.24. The second-order valence-corrected chi connectivity index (χ2v) is 19.2. The molecule has 0 aliphatic heterocycles. The molecule has 0 rings (SSSR count). The van der Waals surface area contributed by atoms with Crippen LogP contribution in [0.2, 0.25) is 0 Å². The van der Waals surface area contributed by atoms with Crippen molar-refractivity contribution in [1.29, 1.82) is 0 Å². The van der Waals surface area contributed by atoms with Gasteiger partial charge in [0.25, 0.3) is 0 Å². The Bertz CT molecular complexity index is 1210. The lowest BCUT2D eigenvalue weighted by Gasteiger charge is -2.18. The van der Waals surface area contributed by atoms with E-state index in [2.05, 4.69) is 81.5 Å². The molecule has 0 saturated carbocycles.